The fourth-order valence-corrected chi connectivity index (χ4v) is 4.07. The van der Waals surface area contributed by atoms with Gasteiger partial charge in [0.2, 0.25) is 0 Å². The molecule has 0 saturated heterocycles. The molecule has 3 N–H and O–H groups in total. The van der Waals surface area contributed by atoms with Crippen LogP contribution in [0.1, 0.15) is 30.4 Å². The average molecular weight is 497 g/mol. The molecule has 0 aliphatic heterocycles. The first-order chi connectivity index (χ1) is 17.3. The first kappa shape index (κ1) is 24.0. The van der Waals surface area contributed by atoms with Gasteiger partial charge in [-0.25, -0.2) is 4.98 Å². The number of fused-ring (bicyclic) bond motifs is 1. The van der Waals surface area contributed by atoms with Crippen molar-refractivity contribution in [3.8, 4) is 22.9 Å². The Hall–Kier alpha value is -3.72. The van der Waals surface area contributed by atoms with Crippen LogP contribution in [-0.4, -0.2) is 33.4 Å². The number of aromatic nitrogens is 2. The molecule has 1 saturated carbocycles. The molecule has 0 radical (unpaired) electrons. The van der Waals surface area contributed by atoms with E-state index in [0.29, 0.717) is 28.5 Å². The van der Waals surface area contributed by atoms with Crippen molar-refractivity contribution >= 4 is 16.7 Å². The van der Waals surface area contributed by atoms with E-state index in [0.717, 1.165) is 17.8 Å². The lowest BCUT2D eigenvalue weighted by Crippen LogP contribution is -2.16. The monoisotopic (exact) mass is 496 g/mol. The number of aromatic hydroxyl groups is 1. The Morgan fingerprint density at radius 2 is 1.92 bits per heavy atom. The van der Waals surface area contributed by atoms with Crippen molar-refractivity contribution < 1.29 is 23.0 Å². The van der Waals surface area contributed by atoms with Gasteiger partial charge in [-0.3, -0.25) is 4.57 Å². The molecule has 188 valence electrons. The number of ether oxygens (including phenoxy) is 1. The van der Waals surface area contributed by atoms with E-state index < -0.39 is 12.6 Å². The van der Waals surface area contributed by atoms with Crippen LogP contribution in [0.25, 0.3) is 16.7 Å². The predicted molar refractivity (Wildman–Crippen MR) is 133 cm³/mol. The summed E-state index contributed by atoms with van der Waals surface area (Å²) in [4.78, 5) is 4.50. The predicted octanol–water partition coefficient (Wildman–Crippen LogP) is 6.45. The van der Waals surface area contributed by atoms with Gasteiger partial charge in [0, 0.05) is 37.0 Å². The molecule has 0 bridgehead atoms. The highest BCUT2D eigenvalue weighted by molar-refractivity contribution is 5.91. The van der Waals surface area contributed by atoms with Gasteiger partial charge < -0.3 is 20.5 Å². The van der Waals surface area contributed by atoms with Gasteiger partial charge in [0.25, 0.3) is 0 Å². The molecule has 0 atom stereocenters. The lowest BCUT2D eigenvalue weighted by atomic mass is 10.1. The second kappa shape index (κ2) is 9.73. The summed E-state index contributed by atoms with van der Waals surface area (Å²) in [5.41, 5.74) is 4.84. The van der Waals surface area contributed by atoms with Crippen LogP contribution in [0.15, 0.2) is 60.9 Å². The molecule has 1 aliphatic rings. The third kappa shape index (κ3) is 5.57. The van der Waals surface area contributed by atoms with Gasteiger partial charge >= 0.3 is 6.18 Å². The molecule has 1 fully saturated rings. The van der Waals surface area contributed by atoms with Gasteiger partial charge in [-0.2, -0.15) is 13.2 Å². The number of phenolic OH excluding ortho intramolecular Hbond substituents is 1. The number of anilines is 1. The molecule has 6 nitrogen and oxygen atoms in total. The van der Waals surface area contributed by atoms with E-state index in [-0.39, 0.29) is 18.0 Å². The number of rotatable bonds is 9. The van der Waals surface area contributed by atoms with E-state index in [4.69, 9.17) is 4.74 Å². The van der Waals surface area contributed by atoms with Crippen LogP contribution in [0.3, 0.4) is 0 Å². The summed E-state index contributed by atoms with van der Waals surface area (Å²) in [6, 6.07) is 16.7. The quantitative estimate of drug-likeness (QED) is 0.249. The molecule has 1 heterocycles. The van der Waals surface area contributed by atoms with E-state index in [1.807, 2.05) is 10.6 Å². The number of hydrogen-bond donors (Lipinski definition) is 3. The number of benzene rings is 3. The second-order valence-electron chi connectivity index (χ2n) is 9.08. The van der Waals surface area contributed by atoms with Crippen molar-refractivity contribution in [2.45, 2.75) is 44.9 Å². The highest BCUT2D eigenvalue weighted by Crippen LogP contribution is 2.36. The van der Waals surface area contributed by atoms with Gasteiger partial charge in [-0.15, -0.1) is 0 Å². The largest absolute Gasteiger partial charge is 0.504 e. The molecule has 0 spiro atoms. The minimum atomic E-state index is -4.27. The van der Waals surface area contributed by atoms with Crippen LogP contribution in [-0.2, 0) is 6.54 Å². The van der Waals surface area contributed by atoms with Gasteiger partial charge in [0.15, 0.2) is 11.5 Å². The fourth-order valence-electron chi connectivity index (χ4n) is 4.07. The zero-order valence-corrected chi connectivity index (χ0v) is 19.8. The SMILES string of the molecule is Cc1cc(-n2cnc3c(NCCC(F)(F)F)cc(Oc4ccccc4O)cc32)ccc1CNC1CC1. The van der Waals surface area contributed by atoms with Crippen molar-refractivity contribution in [2.24, 2.45) is 0 Å². The second-order valence-corrected chi connectivity index (χ2v) is 9.08. The molecular formula is C27H27F3N4O2. The van der Waals surface area contributed by atoms with Crippen LogP contribution in [0, 0.1) is 6.92 Å². The highest BCUT2D eigenvalue weighted by atomic mass is 19.4. The first-order valence-corrected chi connectivity index (χ1v) is 11.9. The average Bonchev–Trinajstić information content (AvgIpc) is 3.56. The maximum atomic E-state index is 12.8. The third-order valence-electron chi connectivity index (χ3n) is 6.21. The smallest absolute Gasteiger partial charge is 0.390 e. The Balaban J connectivity index is 1.50. The topological polar surface area (TPSA) is 71.3 Å². The third-order valence-corrected chi connectivity index (χ3v) is 6.21. The van der Waals surface area contributed by atoms with Crippen molar-refractivity contribution in [1.82, 2.24) is 14.9 Å². The van der Waals surface area contributed by atoms with Crippen molar-refractivity contribution in [2.75, 3.05) is 11.9 Å². The molecule has 3 aromatic carbocycles. The number of alkyl halides is 3. The molecule has 0 amide bonds. The first-order valence-electron chi connectivity index (χ1n) is 11.9. The van der Waals surface area contributed by atoms with Crippen molar-refractivity contribution in [1.29, 1.82) is 0 Å². The van der Waals surface area contributed by atoms with Gasteiger partial charge in [0.05, 0.1) is 17.6 Å². The standard InChI is InChI=1S/C27H27F3N4O2/c1-17-12-20(9-6-18(17)15-32-19-7-8-19)34-16-33-26-22(31-11-10-27(28,29)30)13-21(14-23(26)34)36-25-5-3-2-4-24(25)35/h2-6,9,12-14,16,19,31-32,35H,7-8,10-11,15H2,1H3. The molecule has 1 aromatic heterocycles. The Morgan fingerprint density at radius 1 is 1.11 bits per heavy atom. The molecule has 36 heavy (non-hydrogen) atoms. The van der Waals surface area contributed by atoms with Crippen LogP contribution in [0.4, 0.5) is 18.9 Å². The zero-order valence-electron chi connectivity index (χ0n) is 19.8. The Morgan fingerprint density at radius 3 is 2.64 bits per heavy atom. The number of para-hydroxylation sites is 2. The normalized spacial score (nSPS) is 13.8. The number of nitrogens with one attached hydrogen (secondary N) is 2. The van der Waals surface area contributed by atoms with Crippen LogP contribution in [0.2, 0.25) is 0 Å². The Kier molecular flexibility index (Phi) is 6.49. The van der Waals surface area contributed by atoms with Crippen LogP contribution >= 0.6 is 0 Å². The van der Waals surface area contributed by atoms with Gasteiger partial charge in [-0.1, -0.05) is 18.2 Å². The molecule has 1 aliphatic carbocycles. The summed E-state index contributed by atoms with van der Waals surface area (Å²) in [6.45, 7) is 2.57. The molecule has 5 rings (SSSR count). The number of hydrogen-bond acceptors (Lipinski definition) is 5. The van der Waals surface area contributed by atoms with E-state index in [9.17, 15) is 18.3 Å². The minimum Gasteiger partial charge on any atom is -0.504 e. The van der Waals surface area contributed by atoms with E-state index in [2.05, 4.69) is 34.7 Å². The van der Waals surface area contributed by atoms with Crippen LogP contribution in [0.5, 0.6) is 17.2 Å². The van der Waals surface area contributed by atoms with E-state index in [1.54, 1.807) is 36.7 Å². The Labute approximate surface area is 206 Å². The summed E-state index contributed by atoms with van der Waals surface area (Å²) in [5.74, 6) is 0.568. The summed E-state index contributed by atoms with van der Waals surface area (Å²) in [5, 5.41) is 16.5. The van der Waals surface area contributed by atoms with Crippen LogP contribution < -0.4 is 15.4 Å². The summed E-state index contributed by atoms with van der Waals surface area (Å²) in [6.07, 6.45) is -1.15. The lowest BCUT2D eigenvalue weighted by molar-refractivity contribution is -0.131. The molecule has 4 aromatic rings. The number of aryl methyl sites for hydroxylation is 1. The number of nitrogens with zero attached hydrogens (tertiary/aromatic N) is 2. The summed E-state index contributed by atoms with van der Waals surface area (Å²) >= 11 is 0. The van der Waals surface area contributed by atoms with Crippen molar-refractivity contribution in [3.63, 3.8) is 0 Å². The number of halogens is 3. The Bertz CT molecular complexity index is 1380. The van der Waals surface area contributed by atoms with E-state index >= 15 is 0 Å². The number of imidazole rings is 1. The van der Waals surface area contributed by atoms with Crippen molar-refractivity contribution in [3.05, 3.63) is 72.1 Å². The van der Waals surface area contributed by atoms with Gasteiger partial charge in [0.1, 0.15) is 17.6 Å². The fraction of sp³-hybridized carbons (Fsp3) is 0.296. The molecular weight excluding hydrogens is 469 g/mol. The lowest BCUT2D eigenvalue weighted by Gasteiger charge is -2.14. The summed E-state index contributed by atoms with van der Waals surface area (Å²) in [7, 11) is 0. The maximum Gasteiger partial charge on any atom is 0.390 e. The van der Waals surface area contributed by atoms with E-state index in [1.165, 1.54) is 24.5 Å². The zero-order chi connectivity index (χ0) is 25.3. The molecule has 0 unspecified atom stereocenters. The van der Waals surface area contributed by atoms with Gasteiger partial charge in [-0.05, 0) is 55.2 Å². The highest BCUT2D eigenvalue weighted by Gasteiger charge is 2.26. The minimum absolute atomic E-state index is 0.0382. The summed E-state index contributed by atoms with van der Waals surface area (Å²) < 4.78 is 46.1. The molecule has 9 heteroatoms. The maximum absolute atomic E-state index is 12.8. The number of phenols is 1.